The number of nitrogens with one attached hydrogen (secondary N) is 1. The number of benzene rings is 2. The van der Waals surface area contributed by atoms with E-state index in [4.69, 9.17) is 5.73 Å². The van der Waals surface area contributed by atoms with Crippen LogP contribution >= 0.6 is 0 Å². The van der Waals surface area contributed by atoms with Gasteiger partial charge in [-0.2, -0.15) is 0 Å². The van der Waals surface area contributed by atoms with Crippen molar-refractivity contribution in [2.75, 3.05) is 13.2 Å². The van der Waals surface area contributed by atoms with Crippen LogP contribution in [0.15, 0.2) is 48.5 Å². The number of carboxylic acid groups (broad SMARTS) is 1. The maximum Gasteiger partial charge on any atom is 0.352 e. The highest BCUT2D eigenvalue weighted by atomic mass is 19.1. The van der Waals surface area contributed by atoms with Gasteiger partial charge in [0.25, 0.3) is 0 Å². The van der Waals surface area contributed by atoms with Crippen molar-refractivity contribution in [3.8, 4) is 0 Å². The predicted molar refractivity (Wildman–Crippen MR) is 143 cm³/mol. The molecule has 2 heterocycles. The molecule has 4 N–H and O–H groups in total. The highest BCUT2D eigenvalue weighted by molar-refractivity contribution is 5.95. The molecule has 5 rings (SSSR count). The van der Waals surface area contributed by atoms with Gasteiger partial charge in [-0.05, 0) is 79.5 Å². The number of amides is 1. The molecule has 2 aliphatic rings. The number of hydrogen-bond donors (Lipinski definition) is 3. The molecule has 0 radical (unpaired) electrons. The predicted octanol–water partition coefficient (Wildman–Crippen LogP) is 4.60. The maximum absolute atomic E-state index is 13.9. The monoisotopic (exact) mass is 537 g/mol. The number of hydrogen-bond acceptors (Lipinski definition) is 4. The van der Waals surface area contributed by atoms with Crippen molar-refractivity contribution in [1.82, 2.24) is 9.88 Å². The maximum atomic E-state index is 13.9. The molecule has 3 aromatic rings. The highest BCUT2D eigenvalue weighted by Gasteiger charge is 2.44. The van der Waals surface area contributed by atoms with Crippen LogP contribution in [0.25, 0.3) is 10.9 Å². The van der Waals surface area contributed by atoms with Crippen molar-refractivity contribution in [3.05, 3.63) is 71.2 Å². The minimum absolute atomic E-state index is 0.0579. The van der Waals surface area contributed by atoms with Gasteiger partial charge in [0.15, 0.2) is 5.78 Å². The summed E-state index contributed by atoms with van der Waals surface area (Å²) < 4.78 is 26.7. The molecule has 1 aromatic heterocycles. The molecule has 1 amide bonds. The number of fused-ring (bicyclic) bond motifs is 1. The van der Waals surface area contributed by atoms with Crippen molar-refractivity contribution in [3.63, 3.8) is 0 Å². The van der Waals surface area contributed by atoms with E-state index in [9.17, 15) is 28.3 Å². The van der Waals surface area contributed by atoms with Crippen LogP contribution in [0.4, 0.5) is 8.78 Å². The van der Waals surface area contributed by atoms with Crippen molar-refractivity contribution in [2.45, 2.75) is 56.5 Å². The van der Waals surface area contributed by atoms with Gasteiger partial charge in [0.2, 0.25) is 5.91 Å². The van der Waals surface area contributed by atoms with Gasteiger partial charge >= 0.3 is 5.97 Å². The van der Waals surface area contributed by atoms with E-state index in [1.54, 1.807) is 35.2 Å². The second-order valence-electron chi connectivity index (χ2n) is 10.9. The third-order valence-corrected chi connectivity index (χ3v) is 8.51. The van der Waals surface area contributed by atoms with Gasteiger partial charge < -0.3 is 20.7 Å². The van der Waals surface area contributed by atoms with E-state index in [0.29, 0.717) is 49.6 Å². The first kappa shape index (κ1) is 27.0. The summed E-state index contributed by atoms with van der Waals surface area (Å²) >= 11 is 0. The lowest BCUT2D eigenvalue weighted by Gasteiger charge is -2.35. The first-order valence-electron chi connectivity index (χ1n) is 13.5. The number of aromatic carboxylic acids is 1. The lowest BCUT2D eigenvalue weighted by atomic mass is 9.78. The van der Waals surface area contributed by atoms with Gasteiger partial charge in [-0.3, -0.25) is 9.59 Å². The number of H-pyrrole nitrogens is 1. The van der Waals surface area contributed by atoms with Crippen molar-refractivity contribution >= 4 is 28.6 Å². The fourth-order valence-electron chi connectivity index (χ4n) is 6.36. The topological polar surface area (TPSA) is 116 Å². The van der Waals surface area contributed by atoms with E-state index in [2.05, 4.69) is 4.98 Å². The second-order valence-corrected chi connectivity index (χ2v) is 10.9. The Hall–Kier alpha value is -3.59. The SMILES string of the molecule is N[C@H](CF)C1CCC(C(=O)N2CC[C@H](c3ccc(F)cc3)[C@H]2C(=O)Cc2ccc3[nH]c(C(=O)O)cc3c2)CC1. The quantitative estimate of drug-likeness (QED) is 0.388. The number of carbonyl (C=O) groups excluding carboxylic acids is 2. The van der Waals surface area contributed by atoms with Crippen molar-refractivity contribution in [1.29, 1.82) is 0 Å². The van der Waals surface area contributed by atoms with Crippen LogP contribution in [0.5, 0.6) is 0 Å². The second kappa shape index (κ2) is 11.3. The number of nitrogens with zero attached hydrogens (tertiary/aromatic N) is 1. The van der Waals surface area contributed by atoms with Crippen LogP contribution in [-0.2, 0) is 16.0 Å². The molecule has 1 saturated carbocycles. The normalized spacial score (nSPS) is 24.1. The van der Waals surface area contributed by atoms with Crippen LogP contribution in [-0.4, -0.2) is 58.0 Å². The molecule has 1 aliphatic heterocycles. The minimum Gasteiger partial charge on any atom is -0.477 e. The number of nitrogens with two attached hydrogens (primary N) is 1. The Morgan fingerprint density at radius 2 is 1.74 bits per heavy atom. The number of rotatable bonds is 8. The van der Waals surface area contributed by atoms with Crippen LogP contribution in [0.3, 0.4) is 0 Å². The number of carboxylic acids is 1. The summed E-state index contributed by atoms with van der Waals surface area (Å²) in [6, 6.07) is 11.8. The van der Waals surface area contributed by atoms with Gasteiger partial charge in [0.1, 0.15) is 18.2 Å². The Kier molecular flexibility index (Phi) is 7.79. The molecule has 3 atom stereocenters. The molecule has 0 spiro atoms. The molecular weight excluding hydrogens is 504 g/mol. The van der Waals surface area contributed by atoms with E-state index < -0.39 is 24.7 Å². The molecule has 2 fully saturated rings. The molecule has 1 aliphatic carbocycles. The minimum atomic E-state index is -1.06. The lowest BCUT2D eigenvalue weighted by Crippen LogP contribution is -2.47. The van der Waals surface area contributed by atoms with E-state index in [1.807, 2.05) is 0 Å². The fourth-order valence-corrected chi connectivity index (χ4v) is 6.36. The smallest absolute Gasteiger partial charge is 0.352 e. The van der Waals surface area contributed by atoms with E-state index in [1.165, 1.54) is 18.2 Å². The van der Waals surface area contributed by atoms with Gasteiger partial charge in [-0.1, -0.05) is 18.2 Å². The Morgan fingerprint density at radius 3 is 2.41 bits per heavy atom. The van der Waals surface area contributed by atoms with Crippen LogP contribution in [0, 0.1) is 17.7 Å². The fraction of sp³-hybridized carbons (Fsp3) is 0.433. The van der Waals surface area contributed by atoms with E-state index in [-0.39, 0.29) is 47.4 Å². The molecule has 39 heavy (non-hydrogen) atoms. The van der Waals surface area contributed by atoms with Crippen molar-refractivity contribution < 1.29 is 28.3 Å². The first-order valence-corrected chi connectivity index (χ1v) is 13.5. The number of ketones is 1. The number of carbonyl (C=O) groups is 3. The average molecular weight is 538 g/mol. The summed E-state index contributed by atoms with van der Waals surface area (Å²) in [6.45, 7) is -0.141. The van der Waals surface area contributed by atoms with Gasteiger partial charge in [-0.25, -0.2) is 13.6 Å². The van der Waals surface area contributed by atoms with E-state index in [0.717, 1.165) is 11.1 Å². The zero-order chi connectivity index (χ0) is 27.7. The van der Waals surface area contributed by atoms with E-state index >= 15 is 0 Å². The first-order chi connectivity index (χ1) is 18.7. The van der Waals surface area contributed by atoms with Crippen molar-refractivity contribution in [2.24, 2.45) is 17.6 Å². The third-order valence-electron chi connectivity index (χ3n) is 8.51. The Labute approximate surface area is 225 Å². The number of halogens is 2. The Morgan fingerprint density at radius 1 is 1.03 bits per heavy atom. The molecule has 1 saturated heterocycles. The third kappa shape index (κ3) is 5.59. The molecular formula is C30H33F2N3O4. The summed E-state index contributed by atoms with van der Waals surface area (Å²) in [5.41, 5.74) is 8.17. The molecule has 9 heteroatoms. The van der Waals surface area contributed by atoms with Crippen LogP contribution in [0.2, 0.25) is 0 Å². The highest BCUT2D eigenvalue weighted by Crippen LogP contribution is 2.39. The van der Waals surface area contributed by atoms with Gasteiger partial charge in [-0.15, -0.1) is 0 Å². The van der Waals surface area contributed by atoms with Crippen LogP contribution in [0.1, 0.15) is 59.6 Å². The Bertz CT molecular complexity index is 1360. The number of alkyl halides is 1. The Balaban J connectivity index is 1.38. The molecule has 0 unspecified atom stereocenters. The summed E-state index contributed by atoms with van der Waals surface area (Å²) in [5.74, 6) is -2.03. The lowest BCUT2D eigenvalue weighted by molar-refractivity contribution is -0.142. The number of Topliss-reactive ketones (excluding diaryl/α,β-unsaturated/α-hetero) is 1. The molecule has 7 nitrogen and oxygen atoms in total. The number of likely N-dealkylation sites (tertiary alicyclic amines) is 1. The largest absolute Gasteiger partial charge is 0.477 e. The molecule has 2 aromatic carbocycles. The molecule has 206 valence electrons. The number of aromatic nitrogens is 1. The molecule has 0 bridgehead atoms. The standard InChI is InChI=1S/C30H33F2N3O4/c31-16-24(33)19-2-4-20(5-3-19)29(37)35-12-11-23(18-6-8-22(32)9-7-18)28(35)27(36)14-17-1-10-25-21(13-17)15-26(34-25)30(38)39/h1,6-10,13,15,19-20,23-24,28,34H,2-5,11-12,14,16,33H2,(H,38,39)/t19?,20?,23-,24-,28+/m1/s1. The zero-order valence-electron chi connectivity index (χ0n) is 21.6. The zero-order valence-corrected chi connectivity index (χ0v) is 21.6. The summed E-state index contributed by atoms with van der Waals surface area (Å²) in [6.07, 6.45) is 3.27. The summed E-state index contributed by atoms with van der Waals surface area (Å²) in [5, 5.41) is 9.96. The van der Waals surface area contributed by atoms with Gasteiger partial charge in [0, 0.05) is 41.7 Å². The summed E-state index contributed by atoms with van der Waals surface area (Å²) in [4.78, 5) is 43.5. The number of aromatic amines is 1. The summed E-state index contributed by atoms with van der Waals surface area (Å²) in [7, 11) is 0. The van der Waals surface area contributed by atoms with Gasteiger partial charge in [0.05, 0.1) is 6.04 Å². The van der Waals surface area contributed by atoms with Crippen LogP contribution < -0.4 is 5.73 Å². The average Bonchev–Trinajstić information content (AvgIpc) is 3.57.